The maximum Gasteiger partial charge on any atom is 0.0682 e. The second-order valence-electron chi connectivity index (χ2n) is 13.1. The molecule has 3 fully saturated rings. The highest BCUT2D eigenvalue weighted by Crippen LogP contribution is 2.67. The molecule has 30 heavy (non-hydrogen) atoms. The minimum Gasteiger partial charge on any atom is -0.390 e. The lowest BCUT2D eigenvalue weighted by molar-refractivity contribution is -0.0761. The molecule has 8 unspecified atom stereocenters. The third kappa shape index (κ3) is 3.72. The smallest absolute Gasteiger partial charge is 0.0682 e. The van der Waals surface area contributed by atoms with E-state index in [2.05, 4.69) is 33.8 Å². The lowest BCUT2D eigenvalue weighted by Gasteiger charge is -2.59. The van der Waals surface area contributed by atoms with Gasteiger partial charge in [-0.25, -0.2) is 0 Å². The van der Waals surface area contributed by atoms with Gasteiger partial charge in [-0.1, -0.05) is 39.3 Å². The first-order valence-electron chi connectivity index (χ1n) is 13.1. The van der Waals surface area contributed by atoms with Crippen molar-refractivity contribution in [2.45, 2.75) is 123 Å². The number of hydrogen-bond donors (Lipinski definition) is 2. The largest absolute Gasteiger partial charge is 0.390 e. The SMILES string of the molecule is CCC1(O)CCC2(C)C(=CCC3C2CCC2(C)C(C(C)CCC(C)(C)O)CCC32)C1. The Kier molecular flexibility index (Phi) is 5.80. The maximum absolute atomic E-state index is 11.0. The van der Waals surface area contributed by atoms with Crippen LogP contribution in [0.25, 0.3) is 0 Å². The Morgan fingerprint density at radius 1 is 1.10 bits per heavy atom. The predicted octanol–water partition coefficient (Wildman–Crippen LogP) is 6.89. The molecule has 172 valence electrons. The summed E-state index contributed by atoms with van der Waals surface area (Å²) in [7, 11) is 0. The zero-order valence-electron chi connectivity index (χ0n) is 20.6. The first kappa shape index (κ1) is 22.8. The summed E-state index contributed by atoms with van der Waals surface area (Å²) in [4.78, 5) is 0. The third-order valence-electron chi connectivity index (χ3n) is 10.9. The number of rotatable bonds is 5. The highest BCUT2D eigenvalue weighted by atomic mass is 16.3. The van der Waals surface area contributed by atoms with Crippen LogP contribution in [-0.2, 0) is 0 Å². The lowest BCUT2D eigenvalue weighted by atomic mass is 9.46. The Bertz CT molecular complexity index is 675. The zero-order valence-corrected chi connectivity index (χ0v) is 20.6. The van der Waals surface area contributed by atoms with Crippen LogP contribution in [0.2, 0.25) is 0 Å². The first-order chi connectivity index (χ1) is 13.9. The Labute approximate surface area is 185 Å². The van der Waals surface area contributed by atoms with Crippen LogP contribution in [0.5, 0.6) is 0 Å². The van der Waals surface area contributed by atoms with Crippen LogP contribution in [0.15, 0.2) is 11.6 Å². The molecule has 4 aliphatic carbocycles. The van der Waals surface area contributed by atoms with Gasteiger partial charge in [0.05, 0.1) is 11.2 Å². The molecule has 0 spiro atoms. The molecule has 0 aromatic carbocycles. The Morgan fingerprint density at radius 3 is 2.50 bits per heavy atom. The van der Waals surface area contributed by atoms with Crippen LogP contribution in [-0.4, -0.2) is 21.4 Å². The standard InChI is InChI=1S/C28H48O2/c1-7-28(30)17-16-26(5)20(18-28)8-9-21-23-11-10-22(19(2)12-14-25(3,4)29)27(23,6)15-13-24(21)26/h8,19,21-24,29-30H,7,9-18H2,1-6H3. The van der Waals surface area contributed by atoms with Gasteiger partial charge in [0.1, 0.15) is 0 Å². The van der Waals surface area contributed by atoms with Crippen molar-refractivity contribution in [1.82, 2.24) is 0 Å². The highest BCUT2D eigenvalue weighted by molar-refractivity contribution is 5.27. The molecule has 2 N–H and O–H groups in total. The van der Waals surface area contributed by atoms with Gasteiger partial charge in [-0.3, -0.25) is 0 Å². The van der Waals surface area contributed by atoms with E-state index in [1.165, 1.54) is 38.5 Å². The summed E-state index contributed by atoms with van der Waals surface area (Å²) in [5.41, 5.74) is 1.42. The quantitative estimate of drug-likeness (QED) is 0.479. The van der Waals surface area contributed by atoms with E-state index in [1.807, 2.05) is 13.8 Å². The summed E-state index contributed by atoms with van der Waals surface area (Å²) >= 11 is 0. The van der Waals surface area contributed by atoms with Crippen molar-refractivity contribution in [2.24, 2.45) is 40.4 Å². The average Bonchev–Trinajstić information content (AvgIpc) is 3.03. The van der Waals surface area contributed by atoms with Gasteiger partial charge in [-0.05, 0) is 125 Å². The van der Waals surface area contributed by atoms with Gasteiger partial charge in [0.2, 0.25) is 0 Å². The van der Waals surface area contributed by atoms with Crippen molar-refractivity contribution in [2.75, 3.05) is 0 Å². The van der Waals surface area contributed by atoms with Crippen molar-refractivity contribution in [1.29, 1.82) is 0 Å². The molecule has 0 aromatic heterocycles. The zero-order chi connectivity index (χ0) is 21.9. The molecule has 4 rings (SSSR count). The molecular weight excluding hydrogens is 368 g/mol. The topological polar surface area (TPSA) is 40.5 Å². The van der Waals surface area contributed by atoms with Crippen molar-refractivity contribution in [3.63, 3.8) is 0 Å². The van der Waals surface area contributed by atoms with Crippen LogP contribution < -0.4 is 0 Å². The lowest BCUT2D eigenvalue weighted by Crippen LogP contribution is -2.52. The molecule has 0 radical (unpaired) electrons. The molecule has 0 aliphatic heterocycles. The van der Waals surface area contributed by atoms with E-state index in [0.29, 0.717) is 16.7 Å². The van der Waals surface area contributed by atoms with E-state index in [9.17, 15) is 10.2 Å². The fourth-order valence-electron chi connectivity index (χ4n) is 8.77. The summed E-state index contributed by atoms with van der Waals surface area (Å²) in [5, 5.41) is 21.2. The van der Waals surface area contributed by atoms with Gasteiger partial charge in [0.25, 0.3) is 0 Å². The van der Waals surface area contributed by atoms with E-state index in [4.69, 9.17) is 0 Å². The van der Waals surface area contributed by atoms with E-state index >= 15 is 0 Å². The molecular formula is C28H48O2. The highest BCUT2D eigenvalue weighted by Gasteiger charge is 2.59. The van der Waals surface area contributed by atoms with Gasteiger partial charge < -0.3 is 10.2 Å². The Morgan fingerprint density at radius 2 is 1.83 bits per heavy atom. The van der Waals surface area contributed by atoms with Crippen molar-refractivity contribution in [3.8, 4) is 0 Å². The van der Waals surface area contributed by atoms with E-state index in [1.54, 1.807) is 5.57 Å². The molecule has 0 heterocycles. The summed E-state index contributed by atoms with van der Waals surface area (Å²) < 4.78 is 0. The van der Waals surface area contributed by atoms with Gasteiger partial charge in [-0.15, -0.1) is 0 Å². The summed E-state index contributed by atoms with van der Waals surface area (Å²) in [6, 6.07) is 0. The second-order valence-corrected chi connectivity index (χ2v) is 13.1. The van der Waals surface area contributed by atoms with Crippen molar-refractivity contribution < 1.29 is 10.2 Å². The summed E-state index contributed by atoms with van der Waals surface area (Å²) in [6.07, 6.45) is 15.4. The first-order valence-corrected chi connectivity index (χ1v) is 13.1. The second kappa shape index (κ2) is 7.62. The van der Waals surface area contributed by atoms with Crippen LogP contribution in [0.3, 0.4) is 0 Å². The number of fused-ring (bicyclic) bond motifs is 5. The summed E-state index contributed by atoms with van der Waals surface area (Å²) in [5.74, 6) is 4.06. The maximum atomic E-state index is 11.0. The molecule has 3 saturated carbocycles. The van der Waals surface area contributed by atoms with Crippen LogP contribution in [0.1, 0.15) is 112 Å². The third-order valence-corrected chi connectivity index (χ3v) is 10.9. The van der Waals surface area contributed by atoms with Crippen LogP contribution >= 0.6 is 0 Å². The fourth-order valence-corrected chi connectivity index (χ4v) is 8.77. The van der Waals surface area contributed by atoms with Crippen molar-refractivity contribution in [3.05, 3.63) is 11.6 Å². The Balaban J connectivity index is 1.52. The van der Waals surface area contributed by atoms with E-state index in [-0.39, 0.29) is 0 Å². The van der Waals surface area contributed by atoms with Gasteiger partial charge in [0.15, 0.2) is 0 Å². The average molecular weight is 417 g/mol. The van der Waals surface area contributed by atoms with Crippen LogP contribution in [0, 0.1) is 40.4 Å². The molecule has 0 aromatic rings. The predicted molar refractivity (Wildman–Crippen MR) is 125 cm³/mol. The van der Waals surface area contributed by atoms with E-state index in [0.717, 1.165) is 55.8 Å². The van der Waals surface area contributed by atoms with Crippen LogP contribution in [0.4, 0.5) is 0 Å². The fraction of sp³-hybridized carbons (Fsp3) is 0.929. The van der Waals surface area contributed by atoms with Gasteiger partial charge in [-0.2, -0.15) is 0 Å². The van der Waals surface area contributed by atoms with E-state index < -0.39 is 11.2 Å². The minimum absolute atomic E-state index is 0.330. The number of hydrogen-bond acceptors (Lipinski definition) is 2. The minimum atomic E-state index is -0.536. The number of allylic oxidation sites excluding steroid dienone is 1. The van der Waals surface area contributed by atoms with Gasteiger partial charge in [0, 0.05) is 0 Å². The normalized spacial score (nSPS) is 47.1. The monoisotopic (exact) mass is 416 g/mol. The molecule has 0 amide bonds. The Hall–Kier alpha value is -0.340. The molecule has 2 nitrogen and oxygen atoms in total. The van der Waals surface area contributed by atoms with Crippen molar-refractivity contribution >= 4 is 0 Å². The summed E-state index contributed by atoms with van der Waals surface area (Å²) in [6.45, 7) is 13.7. The molecule has 0 saturated heterocycles. The molecule has 8 atom stereocenters. The van der Waals surface area contributed by atoms with Gasteiger partial charge >= 0.3 is 0 Å². The molecule has 2 heteroatoms. The molecule has 4 aliphatic rings. The number of aliphatic hydroxyl groups is 2. The molecule has 0 bridgehead atoms.